The molecule has 120 valence electrons. The number of amides is 1. The zero-order valence-corrected chi connectivity index (χ0v) is 13.0. The van der Waals surface area contributed by atoms with Crippen molar-refractivity contribution in [2.24, 2.45) is 11.3 Å². The molecule has 1 saturated carbocycles. The van der Waals surface area contributed by atoms with Gasteiger partial charge in [-0.1, -0.05) is 23.7 Å². The van der Waals surface area contributed by atoms with Crippen LogP contribution in [-0.4, -0.2) is 28.8 Å². The molecule has 1 aromatic carbocycles. The molecule has 1 amide bonds. The normalized spacial score (nSPS) is 24.7. The third-order valence-electron chi connectivity index (χ3n) is 4.53. The van der Waals surface area contributed by atoms with E-state index in [1.54, 1.807) is 0 Å². The van der Waals surface area contributed by atoms with Crippen molar-refractivity contribution < 1.29 is 19.8 Å². The van der Waals surface area contributed by atoms with E-state index in [4.69, 9.17) is 16.7 Å². The lowest BCUT2D eigenvalue weighted by atomic mass is 9.69. The Kier molecular flexibility index (Phi) is 5.29. The van der Waals surface area contributed by atoms with Gasteiger partial charge in [-0.25, -0.2) is 4.79 Å². The van der Waals surface area contributed by atoms with Crippen LogP contribution in [0.1, 0.15) is 31.2 Å². The highest BCUT2D eigenvalue weighted by Crippen LogP contribution is 2.40. The van der Waals surface area contributed by atoms with Crippen LogP contribution in [0.25, 0.3) is 0 Å². The molecule has 22 heavy (non-hydrogen) atoms. The maximum Gasteiger partial charge on any atom is 0.404 e. The number of carbonyl (C=O) groups is 2. The lowest BCUT2D eigenvalue weighted by Crippen LogP contribution is -2.45. The van der Waals surface area contributed by atoms with Crippen molar-refractivity contribution in [3.05, 3.63) is 34.9 Å². The van der Waals surface area contributed by atoms with Gasteiger partial charge in [0.15, 0.2) is 0 Å². The Morgan fingerprint density at radius 3 is 2.27 bits per heavy atom. The summed E-state index contributed by atoms with van der Waals surface area (Å²) < 4.78 is 0. The van der Waals surface area contributed by atoms with E-state index < -0.39 is 17.5 Å². The van der Waals surface area contributed by atoms with E-state index in [9.17, 15) is 14.7 Å². The molecule has 3 N–H and O–H groups in total. The second kappa shape index (κ2) is 7.01. The van der Waals surface area contributed by atoms with Crippen molar-refractivity contribution in [3.63, 3.8) is 0 Å². The second-order valence-electron chi connectivity index (χ2n) is 6.02. The highest BCUT2D eigenvalue weighted by molar-refractivity contribution is 6.30. The molecule has 5 nitrogen and oxygen atoms in total. The van der Waals surface area contributed by atoms with E-state index in [2.05, 4.69) is 5.32 Å². The molecule has 0 atom stereocenters. The Balaban J connectivity index is 1.93. The standard InChI is InChI=1S/C16H20ClNO4/c17-13-3-1-11(2-4-13)9-12-5-7-16(8-6-12,14(19)20)10-18-15(21)22/h1-4,12,18H,5-10H2,(H,19,20)(H,21,22). The van der Waals surface area contributed by atoms with Crippen molar-refractivity contribution in [1.29, 1.82) is 0 Å². The van der Waals surface area contributed by atoms with Crippen molar-refractivity contribution in [1.82, 2.24) is 5.32 Å². The summed E-state index contributed by atoms with van der Waals surface area (Å²) in [5.74, 6) is -0.482. The Labute approximate surface area is 134 Å². The molecule has 6 heteroatoms. The molecular formula is C16H20ClNO4. The Morgan fingerprint density at radius 1 is 1.18 bits per heavy atom. The molecule has 0 bridgehead atoms. The van der Waals surface area contributed by atoms with Gasteiger partial charge < -0.3 is 15.5 Å². The zero-order chi connectivity index (χ0) is 16.2. The number of nitrogens with one attached hydrogen (secondary N) is 1. The van der Waals surface area contributed by atoms with Gasteiger partial charge in [0.05, 0.1) is 5.41 Å². The fraction of sp³-hybridized carbons (Fsp3) is 0.500. The number of carboxylic acids is 1. The van der Waals surface area contributed by atoms with Crippen LogP contribution in [0, 0.1) is 11.3 Å². The van der Waals surface area contributed by atoms with E-state index in [0.29, 0.717) is 23.8 Å². The van der Waals surface area contributed by atoms with E-state index in [1.807, 2.05) is 24.3 Å². The molecule has 0 saturated heterocycles. The minimum Gasteiger partial charge on any atom is -0.481 e. The number of hydrogen-bond donors (Lipinski definition) is 3. The average molecular weight is 326 g/mol. The predicted molar refractivity (Wildman–Crippen MR) is 83.2 cm³/mol. The molecule has 0 heterocycles. The topological polar surface area (TPSA) is 86.6 Å². The van der Waals surface area contributed by atoms with Crippen molar-refractivity contribution in [3.8, 4) is 0 Å². The van der Waals surface area contributed by atoms with E-state index in [0.717, 1.165) is 19.3 Å². The lowest BCUT2D eigenvalue weighted by Gasteiger charge is -2.36. The molecule has 0 unspecified atom stereocenters. The summed E-state index contributed by atoms with van der Waals surface area (Å²) in [6, 6.07) is 7.71. The Hall–Kier alpha value is -1.75. The molecule has 1 aliphatic carbocycles. The van der Waals surface area contributed by atoms with Gasteiger partial charge in [0.1, 0.15) is 0 Å². The number of rotatable bonds is 5. The minimum atomic E-state index is -1.18. The summed E-state index contributed by atoms with van der Waals surface area (Å²) in [5.41, 5.74) is 0.232. The van der Waals surface area contributed by atoms with Crippen LogP contribution in [0.5, 0.6) is 0 Å². The molecule has 1 fully saturated rings. The van der Waals surface area contributed by atoms with Crippen molar-refractivity contribution >= 4 is 23.7 Å². The molecule has 2 rings (SSSR count). The highest BCUT2D eigenvalue weighted by Gasteiger charge is 2.42. The maximum atomic E-state index is 11.5. The zero-order valence-electron chi connectivity index (χ0n) is 12.2. The van der Waals surface area contributed by atoms with Gasteiger partial charge in [0.25, 0.3) is 0 Å². The van der Waals surface area contributed by atoms with Gasteiger partial charge >= 0.3 is 12.1 Å². The van der Waals surface area contributed by atoms with Gasteiger partial charge in [-0.15, -0.1) is 0 Å². The van der Waals surface area contributed by atoms with Crippen LogP contribution in [-0.2, 0) is 11.2 Å². The Bertz CT molecular complexity index is 536. The number of benzene rings is 1. The van der Waals surface area contributed by atoms with E-state index >= 15 is 0 Å². The summed E-state index contributed by atoms with van der Waals surface area (Å²) in [6.07, 6.45) is 2.30. The fourth-order valence-electron chi connectivity index (χ4n) is 3.10. The average Bonchev–Trinajstić information content (AvgIpc) is 2.49. The van der Waals surface area contributed by atoms with Gasteiger partial charge in [-0.2, -0.15) is 0 Å². The third kappa shape index (κ3) is 4.13. The summed E-state index contributed by atoms with van der Waals surface area (Å²) in [5, 5.41) is 21.1. The van der Waals surface area contributed by atoms with Gasteiger partial charge in [-0.3, -0.25) is 4.79 Å². The molecule has 1 aliphatic rings. The summed E-state index contributed by atoms with van der Waals surface area (Å²) in [7, 11) is 0. The molecule has 0 aliphatic heterocycles. The molecule has 0 radical (unpaired) electrons. The van der Waals surface area contributed by atoms with Crippen molar-refractivity contribution in [2.45, 2.75) is 32.1 Å². The highest BCUT2D eigenvalue weighted by atomic mass is 35.5. The summed E-state index contributed by atoms with van der Waals surface area (Å²) in [6.45, 7) is -0.0225. The molecule has 1 aromatic rings. The van der Waals surface area contributed by atoms with E-state index in [-0.39, 0.29) is 6.54 Å². The van der Waals surface area contributed by atoms with Gasteiger partial charge in [0.2, 0.25) is 0 Å². The SMILES string of the molecule is O=C(O)NCC1(C(=O)O)CCC(Cc2ccc(Cl)cc2)CC1. The van der Waals surface area contributed by atoms with Gasteiger partial charge in [0, 0.05) is 11.6 Å². The van der Waals surface area contributed by atoms with Crippen molar-refractivity contribution in [2.75, 3.05) is 6.54 Å². The number of halogens is 1. The number of carboxylic acid groups (broad SMARTS) is 2. The van der Waals surface area contributed by atoms with Gasteiger partial charge in [-0.05, 0) is 55.7 Å². The van der Waals surface area contributed by atoms with E-state index in [1.165, 1.54) is 5.56 Å². The summed E-state index contributed by atoms with van der Waals surface area (Å²) >= 11 is 5.87. The van der Waals surface area contributed by atoms with Crippen LogP contribution in [0.3, 0.4) is 0 Å². The first kappa shape index (κ1) is 16.6. The molecule has 0 aromatic heterocycles. The van der Waals surface area contributed by atoms with Crippen LogP contribution >= 0.6 is 11.6 Å². The monoisotopic (exact) mass is 325 g/mol. The second-order valence-corrected chi connectivity index (χ2v) is 6.45. The molecule has 0 spiro atoms. The Morgan fingerprint density at radius 2 is 1.77 bits per heavy atom. The fourth-order valence-corrected chi connectivity index (χ4v) is 3.23. The largest absolute Gasteiger partial charge is 0.481 e. The first-order valence-electron chi connectivity index (χ1n) is 7.36. The number of aliphatic carboxylic acids is 1. The number of hydrogen-bond acceptors (Lipinski definition) is 2. The van der Waals surface area contributed by atoms with Crippen LogP contribution < -0.4 is 5.32 Å². The predicted octanol–water partition coefficient (Wildman–Crippen LogP) is 3.41. The first-order chi connectivity index (χ1) is 10.4. The smallest absolute Gasteiger partial charge is 0.404 e. The van der Waals surface area contributed by atoms with Crippen LogP contribution in [0.15, 0.2) is 24.3 Å². The third-order valence-corrected chi connectivity index (χ3v) is 4.78. The minimum absolute atomic E-state index is 0.0225. The maximum absolute atomic E-state index is 11.5. The first-order valence-corrected chi connectivity index (χ1v) is 7.74. The lowest BCUT2D eigenvalue weighted by molar-refractivity contribution is -0.151. The molecular weight excluding hydrogens is 306 g/mol. The quantitative estimate of drug-likeness (QED) is 0.774. The summed E-state index contributed by atoms with van der Waals surface area (Å²) in [4.78, 5) is 22.2. The van der Waals surface area contributed by atoms with Crippen LogP contribution in [0.2, 0.25) is 5.02 Å². The van der Waals surface area contributed by atoms with Crippen LogP contribution in [0.4, 0.5) is 4.79 Å².